The van der Waals surface area contributed by atoms with E-state index in [0.717, 1.165) is 52.1 Å². The van der Waals surface area contributed by atoms with Crippen molar-refractivity contribution in [1.29, 1.82) is 5.26 Å². The van der Waals surface area contributed by atoms with E-state index < -0.39 is 0 Å². The van der Waals surface area contributed by atoms with Gasteiger partial charge in [-0.05, 0) is 27.2 Å². The Labute approximate surface area is 129 Å². The summed E-state index contributed by atoms with van der Waals surface area (Å²) in [6.45, 7) is 13.2. The molecule has 1 aliphatic heterocycles. The van der Waals surface area contributed by atoms with Crippen molar-refractivity contribution < 1.29 is 4.79 Å². The number of carbonyl (C=O) groups excluding carboxylic acids is 1. The Bertz CT molecular complexity index is 354. The maximum absolute atomic E-state index is 12.4. The van der Waals surface area contributed by atoms with Crippen molar-refractivity contribution in [3.8, 4) is 6.07 Å². The maximum atomic E-state index is 12.4. The van der Waals surface area contributed by atoms with Crippen LogP contribution < -0.4 is 0 Å². The number of nitriles is 1. The minimum absolute atomic E-state index is 0.0333. The lowest BCUT2D eigenvalue weighted by molar-refractivity contribution is -0.136. The molecule has 21 heavy (non-hydrogen) atoms. The van der Waals surface area contributed by atoms with E-state index in [-0.39, 0.29) is 18.0 Å². The van der Waals surface area contributed by atoms with Crippen LogP contribution >= 0.6 is 0 Å². The molecule has 1 amide bonds. The first-order valence-corrected chi connectivity index (χ1v) is 8.25. The van der Waals surface area contributed by atoms with Gasteiger partial charge in [-0.2, -0.15) is 5.26 Å². The second-order valence-electron chi connectivity index (χ2n) is 5.69. The van der Waals surface area contributed by atoms with E-state index in [0.29, 0.717) is 0 Å². The molecule has 0 N–H and O–H groups in total. The molecule has 0 aromatic carbocycles. The van der Waals surface area contributed by atoms with Crippen molar-refractivity contribution >= 4 is 5.91 Å². The number of amides is 1. The molecule has 0 aromatic heterocycles. The normalized spacial score (nSPS) is 19.8. The predicted molar refractivity (Wildman–Crippen MR) is 84.8 cm³/mol. The monoisotopic (exact) mass is 294 g/mol. The number of hydrogen-bond donors (Lipinski definition) is 0. The van der Waals surface area contributed by atoms with Gasteiger partial charge in [-0.15, -0.1) is 0 Å². The third-order valence-corrected chi connectivity index (χ3v) is 4.48. The van der Waals surface area contributed by atoms with E-state index in [9.17, 15) is 10.1 Å². The van der Waals surface area contributed by atoms with E-state index >= 15 is 0 Å². The quantitative estimate of drug-likeness (QED) is 0.715. The molecule has 0 radical (unpaired) electrons. The Kier molecular flexibility index (Phi) is 7.69. The van der Waals surface area contributed by atoms with Crippen LogP contribution in [0, 0.1) is 11.3 Å². The molecular formula is C16H30N4O. The summed E-state index contributed by atoms with van der Waals surface area (Å²) in [5.41, 5.74) is 0. The van der Waals surface area contributed by atoms with Crippen molar-refractivity contribution in [3.63, 3.8) is 0 Å². The van der Waals surface area contributed by atoms with Crippen LogP contribution in [-0.4, -0.2) is 72.0 Å². The fourth-order valence-electron chi connectivity index (χ4n) is 2.99. The Morgan fingerprint density at radius 2 is 1.67 bits per heavy atom. The Balaban J connectivity index is 2.52. The zero-order valence-electron chi connectivity index (χ0n) is 14.0. The maximum Gasteiger partial charge on any atom is 0.239 e. The highest BCUT2D eigenvalue weighted by Gasteiger charge is 2.29. The van der Waals surface area contributed by atoms with E-state index in [1.807, 2.05) is 25.7 Å². The lowest BCUT2D eigenvalue weighted by atomic mass is 10.1. The fourth-order valence-corrected chi connectivity index (χ4v) is 2.99. The molecule has 0 bridgehead atoms. The van der Waals surface area contributed by atoms with Crippen molar-refractivity contribution in [3.05, 3.63) is 0 Å². The molecule has 1 heterocycles. The standard InChI is InChI=1S/C16H30N4O/c1-5-8-15(13-17)20-11-9-19(10-12-20)14(4)16(21)18(6-2)7-3/h14-15H,5-12H2,1-4H3. The van der Waals surface area contributed by atoms with Gasteiger partial charge >= 0.3 is 0 Å². The molecule has 2 unspecified atom stereocenters. The van der Waals surface area contributed by atoms with Crippen LogP contribution in [0.15, 0.2) is 0 Å². The van der Waals surface area contributed by atoms with Crippen LogP contribution in [0.5, 0.6) is 0 Å². The number of carbonyl (C=O) groups is 1. The van der Waals surface area contributed by atoms with Crippen LogP contribution in [-0.2, 0) is 4.79 Å². The van der Waals surface area contributed by atoms with Gasteiger partial charge in [0.25, 0.3) is 0 Å². The Hall–Kier alpha value is -1.12. The first-order chi connectivity index (χ1) is 10.1. The molecule has 2 atom stereocenters. The summed E-state index contributed by atoms with van der Waals surface area (Å²) in [5, 5.41) is 9.24. The van der Waals surface area contributed by atoms with Gasteiger partial charge in [0.05, 0.1) is 18.2 Å². The number of piperazine rings is 1. The average molecular weight is 294 g/mol. The molecule has 5 nitrogen and oxygen atoms in total. The highest BCUT2D eigenvalue weighted by atomic mass is 16.2. The van der Waals surface area contributed by atoms with Crippen LogP contribution in [0.2, 0.25) is 0 Å². The fraction of sp³-hybridized carbons (Fsp3) is 0.875. The zero-order chi connectivity index (χ0) is 15.8. The molecular weight excluding hydrogens is 264 g/mol. The van der Waals surface area contributed by atoms with Gasteiger partial charge in [-0.25, -0.2) is 0 Å². The molecule has 5 heteroatoms. The van der Waals surface area contributed by atoms with E-state index in [1.165, 1.54) is 0 Å². The highest BCUT2D eigenvalue weighted by Crippen LogP contribution is 2.13. The summed E-state index contributed by atoms with van der Waals surface area (Å²) < 4.78 is 0. The molecule has 1 rings (SSSR count). The van der Waals surface area contributed by atoms with Crippen LogP contribution in [0.4, 0.5) is 0 Å². The second kappa shape index (κ2) is 9.01. The first-order valence-electron chi connectivity index (χ1n) is 8.25. The van der Waals surface area contributed by atoms with Crippen molar-refractivity contribution in [2.24, 2.45) is 0 Å². The van der Waals surface area contributed by atoms with Crippen molar-refractivity contribution in [1.82, 2.24) is 14.7 Å². The predicted octanol–water partition coefficient (Wildman–Crippen LogP) is 1.55. The Morgan fingerprint density at radius 1 is 1.14 bits per heavy atom. The third kappa shape index (κ3) is 4.69. The van der Waals surface area contributed by atoms with Crippen LogP contribution in [0.3, 0.4) is 0 Å². The summed E-state index contributed by atoms with van der Waals surface area (Å²) in [7, 11) is 0. The summed E-state index contributed by atoms with van der Waals surface area (Å²) in [4.78, 5) is 18.8. The number of nitrogens with zero attached hydrogens (tertiary/aromatic N) is 4. The lowest BCUT2D eigenvalue weighted by Gasteiger charge is -2.40. The average Bonchev–Trinajstić information content (AvgIpc) is 2.53. The molecule has 120 valence electrons. The zero-order valence-corrected chi connectivity index (χ0v) is 14.0. The number of hydrogen-bond acceptors (Lipinski definition) is 4. The summed E-state index contributed by atoms with van der Waals surface area (Å²) in [6.07, 6.45) is 1.97. The Morgan fingerprint density at radius 3 is 2.10 bits per heavy atom. The number of rotatable bonds is 7. The minimum atomic E-state index is -0.0567. The number of likely N-dealkylation sites (N-methyl/N-ethyl adjacent to an activating group) is 1. The molecule has 1 fully saturated rings. The first kappa shape index (κ1) is 17.9. The molecule has 0 saturated carbocycles. The van der Waals surface area contributed by atoms with E-state index in [4.69, 9.17) is 0 Å². The van der Waals surface area contributed by atoms with Gasteiger partial charge in [0.1, 0.15) is 0 Å². The van der Waals surface area contributed by atoms with Gasteiger partial charge in [0, 0.05) is 39.3 Å². The molecule has 1 saturated heterocycles. The van der Waals surface area contributed by atoms with E-state index in [1.54, 1.807) is 0 Å². The van der Waals surface area contributed by atoms with Crippen LogP contribution in [0.25, 0.3) is 0 Å². The van der Waals surface area contributed by atoms with Gasteiger partial charge < -0.3 is 4.90 Å². The molecule has 0 aromatic rings. The largest absolute Gasteiger partial charge is 0.342 e. The SMILES string of the molecule is CCCC(C#N)N1CCN(C(C)C(=O)N(CC)CC)CC1. The van der Waals surface area contributed by atoms with Crippen LogP contribution in [0.1, 0.15) is 40.5 Å². The van der Waals surface area contributed by atoms with Gasteiger partial charge in [-0.1, -0.05) is 13.3 Å². The molecule has 1 aliphatic rings. The van der Waals surface area contributed by atoms with Crippen molar-refractivity contribution in [2.75, 3.05) is 39.3 Å². The third-order valence-electron chi connectivity index (χ3n) is 4.48. The van der Waals surface area contributed by atoms with E-state index in [2.05, 4.69) is 22.8 Å². The second-order valence-corrected chi connectivity index (χ2v) is 5.69. The van der Waals surface area contributed by atoms with Gasteiger partial charge in [-0.3, -0.25) is 14.6 Å². The smallest absolute Gasteiger partial charge is 0.239 e. The lowest BCUT2D eigenvalue weighted by Crippen LogP contribution is -2.56. The topological polar surface area (TPSA) is 50.6 Å². The summed E-state index contributed by atoms with van der Waals surface area (Å²) >= 11 is 0. The highest BCUT2D eigenvalue weighted by molar-refractivity contribution is 5.81. The minimum Gasteiger partial charge on any atom is -0.342 e. The summed E-state index contributed by atoms with van der Waals surface area (Å²) in [5.74, 6) is 0.221. The van der Waals surface area contributed by atoms with Crippen molar-refractivity contribution in [2.45, 2.75) is 52.6 Å². The molecule has 0 aliphatic carbocycles. The van der Waals surface area contributed by atoms with Gasteiger partial charge in [0.15, 0.2) is 0 Å². The van der Waals surface area contributed by atoms with Gasteiger partial charge in [0.2, 0.25) is 5.91 Å². The molecule has 0 spiro atoms. The summed E-state index contributed by atoms with van der Waals surface area (Å²) in [6, 6.07) is 2.38.